The van der Waals surface area contributed by atoms with Crippen LogP contribution in [0.2, 0.25) is 0 Å². The van der Waals surface area contributed by atoms with E-state index in [1.807, 2.05) is 11.8 Å². The summed E-state index contributed by atoms with van der Waals surface area (Å²) in [5.41, 5.74) is 0. The summed E-state index contributed by atoms with van der Waals surface area (Å²) >= 11 is 1.92. The van der Waals surface area contributed by atoms with Crippen LogP contribution >= 0.6 is 11.8 Å². The summed E-state index contributed by atoms with van der Waals surface area (Å²) < 4.78 is 0. The minimum atomic E-state index is 0.111. The number of hydrogen-bond donors (Lipinski definition) is 2. The minimum Gasteiger partial charge on any atom is -0.359 e. The lowest BCUT2D eigenvalue weighted by atomic mass is 10.2. The summed E-state index contributed by atoms with van der Waals surface area (Å²) in [6.07, 6.45) is 7.89. The van der Waals surface area contributed by atoms with Crippen molar-refractivity contribution in [2.45, 2.75) is 45.1 Å². The molecule has 16 heavy (non-hydrogen) atoms. The summed E-state index contributed by atoms with van der Waals surface area (Å²) in [5, 5.41) is 6.01. The highest BCUT2D eigenvalue weighted by Crippen LogP contribution is 2.04. The molecule has 1 unspecified atom stereocenters. The number of carbonyl (C=O) groups excluding carboxylic acids is 1. The smallest absolute Gasteiger partial charge is 0.221 e. The van der Waals surface area contributed by atoms with Gasteiger partial charge in [-0.25, -0.2) is 0 Å². The van der Waals surface area contributed by atoms with Crippen molar-refractivity contribution >= 4 is 17.7 Å². The third-order valence-electron chi connectivity index (χ3n) is 2.54. The van der Waals surface area contributed by atoms with Crippen LogP contribution in [0, 0.1) is 0 Å². The van der Waals surface area contributed by atoms with Crippen LogP contribution in [0.1, 0.15) is 39.0 Å². The van der Waals surface area contributed by atoms with Gasteiger partial charge in [0.25, 0.3) is 0 Å². The predicted octanol–water partition coefficient (Wildman–Crippen LogP) is 2.02. The maximum absolute atomic E-state index is 11.1. The van der Waals surface area contributed by atoms with Crippen molar-refractivity contribution in [3.05, 3.63) is 0 Å². The first kappa shape index (κ1) is 15.8. The molecule has 3 nitrogen and oxygen atoms in total. The van der Waals surface area contributed by atoms with Gasteiger partial charge in [-0.3, -0.25) is 4.79 Å². The molecule has 0 spiro atoms. The van der Waals surface area contributed by atoms with Crippen LogP contribution in [0.3, 0.4) is 0 Å². The van der Waals surface area contributed by atoms with Gasteiger partial charge >= 0.3 is 0 Å². The molecule has 96 valence electrons. The average molecular weight is 246 g/mol. The summed E-state index contributed by atoms with van der Waals surface area (Å²) in [7, 11) is 1.68. The Labute approximate surface area is 104 Å². The minimum absolute atomic E-state index is 0.111. The highest BCUT2D eigenvalue weighted by atomic mass is 32.2. The van der Waals surface area contributed by atoms with Crippen LogP contribution in [-0.2, 0) is 4.79 Å². The fourth-order valence-electron chi connectivity index (χ4n) is 1.53. The molecular weight excluding hydrogens is 220 g/mol. The highest BCUT2D eigenvalue weighted by molar-refractivity contribution is 7.98. The van der Waals surface area contributed by atoms with Gasteiger partial charge < -0.3 is 10.6 Å². The van der Waals surface area contributed by atoms with E-state index in [0.29, 0.717) is 6.42 Å². The molecule has 0 bridgehead atoms. The molecule has 2 N–H and O–H groups in total. The molecule has 0 fully saturated rings. The average Bonchev–Trinajstić information content (AvgIpc) is 2.27. The molecule has 1 atom stereocenters. The van der Waals surface area contributed by atoms with Crippen LogP contribution in [0.4, 0.5) is 0 Å². The van der Waals surface area contributed by atoms with E-state index in [4.69, 9.17) is 0 Å². The van der Waals surface area contributed by atoms with Crippen LogP contribution in [0.5, 0.6) is 0 Å². The quantitative estimate of drug-likeness (QED) is 0.580. The van der Waals surface area contributed by atoms with E-state index >= 15 is 0 Å². The second-order valence-electron chi connectivity index (χ2n) is 4.14. The normalized spacial score (nSPS) is 12.4. The topological polar surface area (TPSA) is 41.1 Å². The van der Waals surface area contributed by atoms with Gasteiger partial charge in [0, 0.05) is 19.5 Å². The molecule has 0 aromatic rings. The van der Waals surface area contributed by atoms with Crippen molar-refractivity contribution in [3.8, 4) is 0 Å². The van der Waals surface area contributed by atoms with Crippen LogP contribution < -0.4 is 10.6 Å². The van der Waals surface area contributed by atoms with Gasteiger partial charge in [0.05, 0.1) is 0 Å². The van der Waals surface area contributed by atoms with Crippen molar-refractivity contribution in [3.63, 3.8) is 0 Å². The van der Waals surface area contributed by atoms with Crippen molar-refractivity contribution in [1.82, 2.24) is 10.6 Å². The Bertz CT molecular complexity index is 176. The standard InChI is InChI=1S/C12H26N2OS/c1-11(10-12(15)13-2)14-8-6-4-5-7-9-16-3/h11,14H,4-10H2,1-3H3,(H,13,15). The molecule has 0 radical (unpaired) electrons. The third-order valence-corrected chi connectivity index (χ3v) is 3.24. The summed E-state index contributed by atoms with van der Waals surface area (Å²) in [4.78, 5) is 11.1. The van der Waals surface area contributed by atoms with Crippen LogP contribution in [-0.4, -0.2) is 37.6 Å². The molecule has 0 heterocycles. The first-order valence-electron chi connectivity index (χ1n) is 6.13. The Morgan fingerprint density at radius 2 is 1.94 bits per heavy atom. The Balaban J connectivity index is 3.21. The molecule has 0 saturated heterocycles. The van der Waals surface area contributed by atoms with Gasteiger partial charge in [0.1, 0.15) is 0 Å². The van der Waals surface area contributed by atoms with Crippen molar-refractivity contribution in [1.29, 1.82) is 0 Å². The zero-order chi connectivity index (χ0) is 12.2. The van der Waals surface area contributed by atoms with Gasteiger partial charge in [-0.1, -0.05) is 12.8 Å². The zero-order valence-electron chi connectivity index (χ0n) is 10.8. The van der Waals surface area contributed by atoms with Crippen molar-refractivity contribution < 1.29 is 4.79 Å². The molecule has 0 aliphatic heterocycles. The second-order valence-corrected chi connectivity index (χ2v) is 5.13. The number of rotatable bonds is 10. The maximum Gasteiger partial charge on any atom is 0.221 e. The van der Waals surface area contributed by atoms with E-state index in [-0.39, 0.29) is 11.9 Å². The maximum atomic E-state index is 11.1. The number of amides is 1. The Hall–Kier alpha value is -0.220. The molecule has 0 saturated carbocycles. The molecule has 4 heteroatoms. The fourth-order valence-corrected chi connectivity index (χ4v) is 2.02. The first-order valence-corrected chi connectivity index (χ1v) is 7.53. The van der Waals surface area contributed by atoms with Crippen molar-refractivity contribution in [2.24, 2.45) is 0 Å². The molecule has 0 rings (SSSR count). The molecule has 0 aromatic heterocycles. The predicted molar refractivity (Wildman–Crippen MR) is 73.0 cm³/mol. The monoisotopic (exact) mass is 246 g/mol. The van der Waals surface area contributed by atoms with E-state index in [1.165, 1.54) is 31.4 Å². The van der Waals surface area contributed by atoms with E-state index in [0.717, 1.165) is 6.54 Å². The van der Waals surface area contributed by atoms with E-state index in [1.54, 1.807) is 7.05 Å². The van der Waals surface area contributed by atoms with Crippen LogP contribution in [0.25, 0.3) is 0 Å². The molecule has 0 aliphatic rings. The SMILES string of the molecule is CNC(=O)CC(C)NCCCCCCSC. The summed E-state index contributed by atoms with van der Waals surface area (Å²) in [6, 6.07) is 0.283. The van der Waals surface area contributed by atoms with Gasteiger partial charge in [0.2, 0.25) is 5.91 Å². The Kier molecular flexibility index (Phi) is 11.1. The number of hydrogen-bond acceptors (Lipinski definition) is 3. The van der Waals surface area contributed by atoms with Gasteiger partial charge in [-0.05, 0) is 38.3 Å². The van der Waals surface area contributed by atoms with Gasteiger partial charge in [-0.15, -0.1) is 0 Å². The summed E-state index contributed by atoms with van der Waals surface area (Å²) in [5.74, 6) is 1.39. The van der Waals surface area contributed by atoms with E-state index in [2.05, 4.69) is 23.8 Å². The molecule has 0 aliphatic carbocycles. The first-order chi connectivity index (χ1) is 7.70. The van der Waals surface area contributed by atoms with Gasteiger partial charge in [-0.2, -0.15) is 11.8 Å². The van der Waals surface area contributed by atoms with Crippen molar-refractivity contribution in [2.75, 3.05) is 25.6 Å². The summed E-state index contributed by atoms with van der Waals surface area (Å²) in [6.45, 7) is 3.08. The van der Waals surface area contributed by atoms with E-state index in [9.17, 15) is 4.79 Å². The number of nitrogens with one attached hydrogen (secondary N) is 2. The Morgan fingerprint density at radius 1 is 1.25 bits per heavy atom. The molecule has 1 amide bonds. The highest BCUT2D eigenvalue weighted by Gasteiger charge is 2.05. The zero-order valence-corrected chi connectivity index (χ0v) is 11.7. The second kappa shape index (κ2) is 11.3. The third kappa shape index (κ3) is 10.3. The lowest BCUT2D eigenvalue weighted by Gasteiger charge is -2.12. The molecular formula is C12H26N2OS. The lowest BCUT2D eigenvalue weighted by Crippen LogP contribution is -2.32. The fraction of sp³-hybridized carbons (Fsp3) is 0.917. The molecule has 0 aromatic carbocycles. The lowest BCUT2D eigenvalue weighted by molar-refractivity contribution is -0.121. The van der Waals surface area contributed by atoms with Crippen LogP contribution in [0.15, 0.2) is 0 Å². The number of thioether (sulfide) groups is 1. The van der Waals surface area contributed by atoms with Gasteiger partial charge in [0.15, 0.2) is 0 Å². The largest absolute Gasteiger partial charge is 0.359 e. The number of unbranched alkanes of at least 4 members (excludes halogenated alkanes) is 3. The van der Waals surface area contributed by atoms with E-state index < -0.39 is 0 Å². The Morgan fingerprint density at radius 3 is 2.56 bits per heavy atom. The number of carbonyl (C=O) groups is 1.